The van der Waals surface area contributed by atoms with Crippen LogP contribution in [0.5, 0.6) is 0 Å². The van der Waals surface area contributed by atoms with Gasteiger partial charge >= 0.3 is 12.0 Å². The van der Waals surface area contributed by atoms with Gasteiger partial charge in [-0.25, -0.2) is 9.59 Å². The number of carbonyl (C=O) groups is 2. The number of hydrogen-bond acceptors (Lipinski definition) is 3. The van der Waals surface area contributed by atoms with Gasteiger partial charge in [0.15, 0.2) is 0 Å². The van der Waals surface area contributed by atoms with Crippen molar-refractivity contribution in [3.05, 3.63) is 28.2 Å². The summed E-state index contributed by atoms with van der Waals surface area (Å²) in [4.78, 5) is 24.2. The van der Waals surface area contributed by atoms with Gasteiger partial charge in [-0.2, -0.15) is 0 Å². The van der Waals surface area contributed by atoms with E-state index < -0.39 is 5.97 Å². The lowest BCUT2D eigenvalue weighted by Gasteiger charge is -2.18. The van der Waals surface area contributed by atoms with Crippen LogP contribution in [0.3, 0.4) is 0 Å². The molecule has 3 N–H and O–H groups in total. The van der Waals surface area contributed by atoms with Gasteiger partial charge in [0, 0.05) is 24.6 Å². The van der Waals surface area contributed by atoms with Gasteiger partial charge in [0.2, 0.25) is 0 Å². The number of nitrogens with one attached hydrogen (secondary N) is 2. The molecule has 2 amide bonds. The van der Waals surface area contributed by atoms with Crippen molar-refractivity contribution in [1.82, 2.24) is 10.2 Å². The molecule has 7 heteroatoms. The zero-order chi connectivity index (χ0) is 14.4. The van der Waals surface area contributed by atoms with Gasteiger partial charge in [0.05, 0.1) is 11.3 Å². The molecule has 1 aromatic carbocycles. The predicted molar refractivity (Wildman–Crippen MR) is 76.7 cm³/mol. The van der Waals surface area contributed by atoms with E-state index in [9.17, 15) is 9.59 Å². The summed E-state index contributed by atoms with van der Waals surface area (Å²) >= 11 is 3.24. The van der Waals surface area contributed by atoms with E-state index in [-0.39, 0.29) is 11.6 Å². The van der Waals surface area contributed by atoms with E-state index in [4.69, 9.17) is 5.11 Å². The molecule has 0 aliphatic carbocycles. The molecule has 0 heterocycles. The Labute approximate surface area is 119 Å². The first-order valence-electron chi connectivity index (χ1n) is 5.65. The molecule has 0 unspecified atom stereocenters. The minimum Gasteiger partial charge on any atom is -0.478 e. The van der Waals surface area contributed by atoms with Gasteiger partial charge in [-0.3, -0.25) is 0 Å². The van der Waals surface area contributed by atoms with E-state index in [1.54, 1.807) is 13.1 Å². The molecule has 6 nitrogen and oxygen atoms in total. The van der Waals surface area contributed by atoms with Crippen LogP contribution in [0.25, 0.3) is 0 Å². The maximum Gasteiger partial charge on any atom is 0.335 e. The fraction of sp³-hybridized carbons (Fsp3) is 0.333. The summed E-state index contributed by atoms with van der Waals surface area (Å²) in [5, 5.41) is 14.5. The minimum absolute atomic E-state index is 0.161. The lowest BCUT2D eigenvalue weighted by molar-refractivity contribution is 0.0697. The van der Waals surface area contributed by atoms with E-state index in [2.05, 4.69) is 26.6 Å². The van der Waals surface area contributed by atoms with E-state index >= 15 is 0 Å². The molecular weight excluding hydrogens is 314 g/mol. The Morgan fingerprint density at radius 3 is 2.63 bits per heavy atom. The quantitative estimate of drug-likeness (QED) is 0.769. The van der Waals surface area contributed by atoms with Crippen LogP contribution in [0.2, 0.25) is 0 Å². The Kier molecular flexibility index (Phi) is 5.78. The Morgan fingerprint density at radius 2 is 2.11 bits per heavy atom. The zero-order valence-electron chi connectivity index (χ0n) is 10.7. The lowest BCUT2D eigenvalue weighted by atomic mass is 10.2. The number of halogens is 1. The van der Waals surface area contributed by atoms with E-state index in [0.717, 1.165) is 0 Å². The molecule has 0 saturated carbocycles. The Balaban J connectivity index is 2.72. The molecule has 104 valence electrons. The summed E-state index contributed by atoms with van der Waals surface area (Å²) in [6, 6.07) is 4.19. The van der Waals surface area contributed by atoms with Crippen LogP contribution >= 0.6 is 15.9 Å². The molecule has 0 spiro atoms. The number of carboxylic acids is 1. The van der Waals surface area contributed by atoms with Crippen molar-refractivity contribution in [2.45, 2.75) is 0 Å². The van der Waals surface area contributed by atoms with Crippen LogP contribution in [0.4, 0.5) is 10.5 Å². The molecule has 0 fully saturated rings. The summed E-state index contributed by atoms with van der Waals surface area (Å²) < 4.78 is 0.530. The highest BCUT2D eigenvalue weighted by Gasteiger charge is 2.11. The van der Waals surface area contributed by atoms with Crippen LogP contribution in [-0.4, -0.2) is 49.2 Å². The summed E-state index contributed by atoms with van der Waals surface area (Å²) in [6.07, 6.45) is 0. The summed E-state index contributed by atoms with van der Waals surface area (Å²) in [5.74, 6) is -1.01. The standard InChI is InChI=1S/C12H16BrN3O3/c1-14-5-6-16(2)12(19)15-10-4-3-8(11(17)18)7-9(10)13/h3-4,7,14H,5-6H2,1-2H3,(H,15,19)(H,17,18). The molecule has 19 heavy (non-hydrogen) atoms. The topological polar surface area (TPSA) is 81.7 Å². The highest BCUT2D eigenvalue weighted by molar-refractivity contribution is 9.10. The Morgan fingerprint density at radius 1 is 1.42 bits per heavy atom. The minimum atomic E-state index is -1.01. The van der Waals surface area contributed by atoms with Crippen molar-refractivity contribution >= 4 is 33.6 Å². The van der Waals surface area contributed by atoms with Crippen molar-refractivity contribution in [2.75, 3.05) is 32.5 Å². The fourth-order valence-corrected chi connectivity index (χ4v) is 1.82. The molecule has 0 saturated heterocycles. The average Bonchev–Trinajstić information content (AvgIpc) is 2.37. The van der Waals surface area contributed by atoms with Crippen molar-refractivity contribution in [2.24, 2.45) is 0 Å². The molecule has 0 atom stereocenters. The Bertz CT molecular complexity index is 479. The molecule has 1 rings (SSSR count). The van der Waals surface area contributed by atoms with Crippen LogP contribution in [0.1, 0.15) is 10.4 Å². The first-order chi connectivity index (χ1) is 8.95. The number of hydrogen-bond donors (Lipinski definition) is 3. The predicted octanol–water partition coefficient (Wildman–Crippen LogP) is 1.83. The highest BCUT2D eigenvalue weighted by atomic mass is 79.9. The molecule has 0 aliphatic heterocycles. The van der Waals surface area contributed by atoms with Crippen LogP contribution in [-0.2, 0) is 0 Å². The van der Waals surface area contributed by atoms with Crippen LogP contribution in [0.15, 0.2) is 22.7 Å². The number of amides is 2. The highest BCUT2D eigenvalue weighted by Crippen LogP contribution is 2.23. The van der Waals surface area contributed by atoms with Crippen molar-refractivity contribution < 1.29 is 14.7 Å². The summed E-state index contributed by atoms with van der Waals surface area (Å²) in [5.41, 5.74) is 0.694. The van der Waals surface area contributed by atoms with Crippen LogP contribution in [0, 0.1) is 0 Å². The first-order valence-corrected chi connectivity index (χ1v) is 6.44. The number of rotatable bonds is 5. The van der Waals surface area contributed by atoms with Gasteiger partial charge in [0.25, 0.3) is 0 Å². The van der Waals surface area contributed by atoms with Gasteiger partial charge in [-0.05, 0) is 41.2 Å². The monoisotopic (exact) mass is 329 g/mol. The van der Waals surface area contributed by atoms with Crippen molar-refractivity contribution in [3.8, 4) is 0 Å². The molecule has 0 aromatic heterocycles. The molecule has 1 aromatic rings. The molecule has 0 bridgehead atoms. The third kappa shape index (κ3) is 4.53. The van der Waals surface area contributed by atoms with Crippen molar-refractivity contribution in [1.29, 1.82) is 0 Å². The number of benzene rings is 1. The van der Waals surface area contributed by atoms with Crippen LogP contribution < -0.4 is 10.6 Å². The van der Waals surface area contributed by atoms with Crippen molar-refractivity contribution in [3.63, 3.8) is 0 Å². The second-order valence-electron chi connectivity index (χ2n) is 3.96. The fourth-order valence-electron chi connectivity index (χ4n) is 1.34. The average molecular weight is 330 g/mol. The molecule has 0 radical (unpaired) electrons. The number of carbonyl (C=O) groups excluding carboxylic acids is 1. The Hall–Kier alpha value is -1.60. The van der Waals surface area contributed by atoms with Gasteiger partial charge in [0.1, 0.15) is 0 Å². The number of carboxylic acid groups (broad SMARTS) is 1. The summed E-state index contributed by atoms with van der Waals surface area (Å²) in [7, 11) is 3.50. The van der Waals surface area contributed by atoms with Gasteiger partial charge < -0.3 is 20.6 Å². The second kappa shape index (κ2) is 7.10. The number of anilines is 1. The van der Waals surface area contributed by atoms with E-state index in [0.29, 0.717) is 23.2 Å². The lowest BCUT2D eigenvalue weighted by Crippen LogP contribution is -2.36. The SMILES string of the molecule is CNCCN(C)C(=O)Nc1ccc(C(=O)O)cc1Br. The normalized spacial score (nSPS) is 10.1. The second-order valence-corrected chi connectivity index (χ2v) is 4.81. The number of aromatic carboxylic acids is 1. The third-order valence-electron chi connectivity index (χ3n) is 2.50. The van der Waals surface area contributed by atoms with E-state index in [1.807, 2.05) is 7.05 Å². The largest absolute Gasteiger partial charge is 0.478 e. The maximum absolute atomic E-state index is 11.8. The zero-order valence-corrected chi connectivity index (χ0v) is 12.3. The first kappa shape index (κ1) is 15.5. The van der Waals surface area contributed by atoms with E-state index in [1.165, 1.54) is 17.0 Å². The van der Waals surface area contributed by atoms with Gasteiger partial charge in [-0.1, -0.05) is 0 Å². The number of urea groups is 1. The third-order valence-corrected chi connectivity index (χ3v) is 3.16. The smallest absolute Gasteiger partial charge is 0.335 e. The maximum atomic E-state index is 11.8. The van der Waals surface area contributed by atoms with Gasteiger partial charge in [-0.15, -0.1) is 0 Å². The summed E-state index contributed by atoms with van der Waals surface area (Å²) in [6.45, 7) is 1.27. The number of nitrogens with zero attached hydrogens (tertiary/aromatic N) is 1. The molecule has 0 aliphatic rings. The molecular formula is C12H16BrN3O3. The number of likely N-dealkylation sites (N-methyl/N-ethyl adjacent to an activating group) is 2.